The topological polar surface area (TPSA) is 46.9 Å². The maximum Gasteiger partial charge on any atom is 0.281 e. The summed E-state index contributed by atoms with van der Waals surface area (Å²) in [5.74, 6) is 1.45. The summed E-state index contributed by atoms with van der Waals surface area (Å²) < 4.78 is 13.3. The molecule has 2 heterocycles. The van der Waals surface area contributed by atoms with Gasteiger partial charge in [0.1, 0.15) is 23.8 Å². The molecule has 0 aliphatic carbocycles. The predicted octanol–water partition coefficient (Wildman–Crippen LogP) is 5.33. The first-order valence-corrected chi connectivity index (χ1v) is 11.7. The Labute approximate surface area is 209 Å². The van der Waals surface area contributed by atoms with Gasteiger partial charge >= 0.3 is 0 Å². The van der Waals surface area contributed by atoms with Crippen molar-refractivity contribution in [3.63, 3.8) is 0 Å². The van der Waals surface area contributed by atoms with Gasteiger partial charge in [0.25, 0.3) is 5.91 Å². The van der Waals surface area contributed by atoms with Gasteiger partial charge in [-0.1, -0.05) is 36.4 Å². The molecule has 35 heavy (non-hydrogen) atoms. The number of ether oxygens (including phenoxy) is 2. The van der Waals surface area contributed by atoms with E-state index >= 15 is 0 Å². The summed E-state index contributed by atoms with van der Waals surface area (Å²) in [6.07, 6.45) is 3.98. The zero-order chi connectivity index (χ0) is 24.4. The molecule has 1 saturated heterocycles. The standard InChI is InChI=1S/C28H25N3O3S/c1-29-26(27(32)31(28(29)35)21-8-4-3-5-9-21)18-20-19-30(25-11-7-6-10-24(20)25)16-17-34-23-14-12-22(33-2)13-15-23/h3-15,18-19H,16-17H2,1-2H3/b26-18-. The van der Waals surface area contributed by atoms with Gasteiger partial charge in [0.05, 0.1) is 19.3 Å². The number of anilines is 1. The monoisotopic (exact) mass is 483 g/mol. The minimum Gasteiger partial charge on any atom is -0.497 e. The Morgan fingerprint density at radius 2 is 1.60 bits per heavy atom. The van der Waals surface area contributed by atoms with Crippen molar-refractivity contribution in [1.82, 2.24) is 9.47 Å². The quantitative estimate of drug-likeness (QED) is 0.263. The first kappa shape index (κ1) is 22.7. The molecule has 0 atom stereocenters. The summed E-state index contributed by atoms with van der Waals surface area (Å²) in [6, 6.07) is 25.2. The lowest BCUT2D eigenvalue weighted by atomic mass is 10.1. The van der Waals surface area contributed by atoms with Crippen molar-refractivity contribution in [2.24, 2.45) is 0 Å². The number of hydrogen-bond donors (Lipinski definition) is 0. The lowest BCUT2D eigenvalue weighted by Crippen LogP contribution is -2.30. The van der Waals surface area contributed by atoms with Gasteiger partial charge in [0, 0.05) is 29.7 Å². The maximum atomic E-state index is 13.3. The van der Waals surface area contributed by atoms with E-state index < -0.39 is 0 Å². The molecule has 1 aromatic heterocycles. The molecule has 4 aromatic rings. The highest BCUT2D eigenvalue weighted by atomic mass is 32.1. The summed E-state index contributed by atoms with van der Waals surface area (Å²) in [5.41, 5.74) is 3.33. The van der Waals surface area contributed by atoms with E-state index in [9.17, 15) is 4.79 Å². The van der Waals surface area contributed by atoms with E-state index in [1.165, 1.54) is 0 Å². The van der Waals surface area contributed by atoms with Gasteiger partial charge in [0.15, 0.2) is 5.11 Å². The number of carbonyl (C=O) groups is 1. The number of methoxy groups -OCH3 is 1. The van der Waals surface area contributed by atoms with Gasteiger partial charge < -0.3 is 18.9 Å². The van der Waals surface area contributed by atoms with E-state index in [4.69, 9.17) is 21.7 Å². The van der Waals surface area contributed by atoms with Gasteiger partial charge in [-0.15, -0.1) is 0 Å². The highest BCUT2D eigenvalue weighted by Crippen LogP contribution is 2.30. The molecule has 1 aliphatic rings. The van der Waals surface area contributed by atoms with Crippen molar-refractivity contribution in [2.75, 3.05) is 25.7 Å². The molecule has 0 spiro atoms. The van der Waals surface area contributed by atoms with Crippen LogP contribution in [0.2, 0.25) is 0 Å². The predicted molar refractivity (Wildman–Crippen MR) is 143 cm³/mol. The summed E-state index contributed by atoms with van der Waals surface area (Å²) in [7, 11) is 3.47. The SMILES string of the molecule is COc1ccc(OCCn2cc(/C=C3/C(=O)N(c4ccccc4)C(=S)N3C)c3ccccc32)cc1. The van der Waals surface area contributed by atoms with Crippen LogP contribution < -0.4 is 14.4 Å². The number of fused-ring (bicyclic) bond motifs is 1. The second kappa shape index (κ2) is 9.64. The lowest BCUT2D eigenvalue weighted by molar-refractivity contribution is -0.114. The second-order valence-electron chi connectivity index (χ2n) is 8.17. The Kier molecular flexibility index (Phi) is 6.25. The Hall–Kier alpha value is -4.10. The molecule has 6 nitrogen and oxygen atoms in total. The van der Waals surface area contributed by atoms with Crippen LogP contribution >= 0.6 is 12.2 Å². The summed E-state index contributed by atoms with van der Waals surface area (Å²) in [4.78, 5) is 16.7. The molecule has 0 unspecified atom stereocenters. The van der Waals surface area contributed by atoms with Crippen LogP contribution in [0.1, 0.15) is 5.56 Å². The first-order chi connectivity index (χ1) is 17.1. The fourth-order valence-corrected chi connectivity index (χ4v) is 4.50. The van der Waals surface area contributed by atoms with E-state index in [0.717, 1.165) is 33.7 Å². The highest BCUT2D eigenvalue weighted by Gasteiger charge is 2.36. The van der Waals surface area contributed by atoms with Gasteiger partial charge in [-0.25, -0.2) is 0 Å². The third-order valence-electron chi connectivity index (χ3n) is 6.05. The summed E-state index contributed by atoms with van der Waals surface area (Å²) in [6.45, 7) is 1.17. The van der Waals surface area contributed by atoms with Crippen LogP contribution in [0.5, 0.6) is 11.5 Å². The second-order valence-corrected chi connectivity index (χ2v) is 8.53. The number of para-hydroxylation sites is 2. The molecule has 5 rings (SSSR count). The third kappa shape index (κ3) is 4.38. The molecule has 176 valence electrons. The first-order valence-electron chi connectivity index (χ1n) is 11.3. The number of hydrogen-bond acceptors (Lipinski definition) is 4. The van der Waals surface area contributed by atoms with E-state index in [1.54, 1.807) is 16.9 Å². The van der Waals surface area contributed by atoms with Crippen LogP contribution in [0, 0.1) is 0 Å². The van der Waals surface area contributed by atoms with Crippen molar-refractivity contribution >= 4 is 45.9 Å². The molecular formula is C28H25N3O3S. The number of carbonyl (C=O) groups excluding carboxylic acids is 1. The molecule has 0 N–H and O–H groups in total. The van der Waals surface area contributed by atoms with Crippen molar-refractivity contribution in [2.45, 2.75) is 6.54 Å². The van der Waals surface area contributed by atoms with Crippen LogP contribution in [0.4, 0.5) is 5.69 Å². The van der Waals surface area contributed by atoms with Gasteiger partial charge in [0.2, 0.25) is 0 Å². The van der Waals surface area contributed by atoms with E-state index in [1.807, 2.05) is 79.9 Å². The third-order valence-corrected chi connectivity index (χ3v) is 6.50. The Bertz CT molecular complexity index is 1410. The molecule has 1 fully saturated rings. The number of amides is 1. The van der Waals surface area contributed by atoms with Crippen LogP contribution in [-0.4, -0.2) is 41.3 Å². The van der Waals surface area contributed by atoms with Crippen molar-refractivity contribution < 1.29 is 14.3 Å². The van der Waals surface area contributed by atoms with Gasteiger partial charge in [-0.3, -0.25) is 9.69 Å². The number of rotatable bonds is 7. The number of thiocarbonyl (C=S) groups is 1. The van der Waals surface area contributed by atoms with Gasteiger partial charge in [-0.05, 0) is 60.8 Å². The van der Waals surface area contributed by atoms with Crippen LogP contribution in [0.25, 0.3) is 17.0 Å². The van der Waals surface area contributed by atoms with Crippen LogP contribution in [-0.2, 0) is 11.3 Å². The number of nitrogens with zero attached hydrogens (tertiary/aromatic N) is 3. The normalized spacial score (nSPS) is 14.9. The zero-order valence-corrected chi connectivity index (χ0v) is 20.4. The molecule has 3 aromatic carbocycles. The van der Waals surface area contributed by atoms with Crippen LogP contribution in [0.3, 0.4) is 0 Å². The summed E-state index contributed by atoms with van der Waals surface area (Å²) >= 11 is 5.60. The van der Waals surface area contributed by atoms with Crippen LogP contribution in [0.15, 0.2) is 90.8 Å². The Balaban J connectivity index is 1.41. The smallest absolute Gasteiger partial charge is 0.281 e. The fraction of sp³-hybridized carbons (Fsp3) is 0.143. The molecular weight excluding hydrogens is 458 g/mol. The molecule has 7 heteroatoms. The van der Waals surface area contributed by atoms with Crippen molar-refractivity contribution in [3.8, 4) is 11.5 Å². The van der Waals surface area contributed by atoms with E-state index in [0.29, 0.717) is 24.0 Å². The Morgan fingerprint density at radius 3 is 2.34 bits per heavy atom. The minimum atomic E-state index is -0.136. The molecule has 0 saturated carbocycles. The van der Waals surface area contributed by atoms with Crippen molar-refractivity contribution in [3.05, 3.63) is 96.3 Å². The Morgan fingerprint density at radius 1 is 0.914 bits per heavy atom. The minimum absolute atomic E-state index is 0.136. The number of likely N-dealkylation sites (N-methyl/N-ethyl adjacent to an activating group) is 1. The average Bonchev–Trinajstić information content (AvgIpc) is 3.35. The molecule has 1 aliphatic heterocycles. The molecule has 0 radical (unpaired) electrons. The van der Waals surface area contributed by atoms with Gasteiger partial charge in [-0.2, -0.15) is 0 Å². The average molecular weight is 484 g/mol. The van der Waals surface area contributed by atoms with E-state index in [-0.39, 0.29) is 5.91 Å². The highest BCUT2D eigenvalue weighted by molar-refractivity contribution is 7.80. The molecule has 0 bridgehead atoms. The largest absolute Gasteiger partial charge is 0.497 e. The zero-order valence-electron chi connectivity index (χ0n) is 19.5. The summed E-state index contributed by atoms with van der Waals surface area (Å²) in [5, 5.41) is 1.53. The molecule has 1 amide bonds. The number of benzene rings is 3. The maximum absolute atomic E-state index is 13.3. The lowest BCUT2D eigenvalue weighted by Gasteiger charge is -2.16. The van der Waals surface area contributed by atoms with E-state index in [2.05, 4.69) is 22.9 Å². The van der Waals surface area contributed by atoms with Crippen molar-refractivity contribution in [1.29, 1.82) is 0 Å². The number of aromatic nitrogens is 1. The fourth-order valence-electron chi connectivity index (χ4n) is 4.22.